The molecule has 0 fully saturated rings. The number of benzene rings is 2. The molecule has 2 aromatic carbocycles. The summed E-state index contributed by atoms with van der Waals surface area (Å²) in [5, 5.41) is 25.1. The van der Waals surface area contributed by atoms with Crippen molar-refractivity contribution in [3.8, 4) is 11.8 Å². The average Bonchev–Trinajstić information content (AvgIpc) is 2.84. The van der Waals surface area contributed by atoms with Crippen LogP contribution in [0.15, 0.2) is 54.6 Å². The number of amides is 3. The number of carbonyl (C=O) groups is 3. The molecule has 34 heavy (non-hydrogen) atoms. The Morgan fingerprint density at radius 2 is 1.62 bits per heavy atom. The van der Waals surface area contributed by atoms with E-state index < -0.39 is 35.8 Å². The molecule has 9 heteroatoms. The second-order valence-corrected chi connectivity index (χ2v) is 8.41. The van der Waals surface area contributed by atoms with Crippen molar-refractivity contribution in [2.24, 2.45) is 11.8 Å². The van der Waals surface area contributed by atoms with Crippen LogP contribution < -0.4 is 16.1 Å². The minimum atomic E-state index is -1.87. The average molecular weight is 486 g/mol. The first-order valence-electron chi connectivity index (χ1n) is 10.7. The molecule has 0 heterocycles. The minimum absolute atomic E-state index is 0.195. The van der Waals surface area contributed by atoms with Gasteiger partial charge in [0.05, 0.1) is 5.92 Å². The van der Waals surface area contributed by atoms with Crippen molar-refractivity contribution in [1.82, 2.24) is 16.1 Å². The summed E-state index contributed by atoms with van der Waals surface area (Å²) in [5.74, 6) is 1.71. The number of aliphatic hydroxyl groups is 1. The molecule has 1 unspecified atom stereocenters. The zero-order valence-corrected chi connectivity index (χ0v) is 19.7. The standard InChI is InChI=1S/C25H28ClN3O5/c1-16(2)21(24(32)27-15-18-7-4-3-5-8-18)28-23(31)20(22(30)25(33)29-34)10-6-9-17-11-13-19(26)14-12-17/h3-5,7-8,11-14,16,20-22,30,34H,10,15H2,1-2H3,(H,27,32)(H,28,31)(H,29,33)/t20-,21?,22+/m1/s1. The third-order valence-electron chi connectivity index (χ3n) is 5.05. The topological polar surface area (TPSA) is 128 Å². The minimum Gasteiger partial charge on any atom is -0.382 e. The Labute approximate surface area is 203 Å². The summed E-state index contributed by atoms with van der Waals surface area (Å²) in [4.78, 5) is 37.6. The van der Waals surface area contributed by atoms with Gasteiger partial charge in [-0.05, 0) is 35.7 Å². The highest BCUT2D eigenvalue weighted by molar-refractivity contribution is 6.30. The van der Waals surface area contributed by atoms with Gasteiger partial charge in [-0.25, -0.2) is 5.48 Å². The highest BCUT2D eigenvalue weighted by Gasteiger charge is 2.34. The van der Waals surface area contributed by atoms with E-state index in [0.717, 1.165) is 5.56 Å². The molecule has 0 bridgehead atoms. The summed E-state index contributed by atoms with van der Waals surface area (Å²) >= 11 is 5.85. The molecule has 0 aliphatic heterocycles. The lowest BCUT2D eigenvalue weighted by Gasteiger charge is -2.25. The van der Waals surface area contributed by atoms with Crippen LogP contribution in [-0.2, 0) is 20.9 Å². The molecule has 2 aromatic rings. The zero-order valence-electron chi connectivity index (χ0n) is 18.9. The van der Waals surface area contributed by atoms with Gasteiger partial charge in [0.2, 0.25) is 11.8 Å². The number of hydrogen-bond acceptors (Lipinski definition) is 5. The molecule has 180 valence electrons. The summed E-state index contributed by atoms with van der Waals surface area (Å²) in [6, 6.07) is 15.1. The molecule has 0 saturated heterocycles. The van der Waals surface area contributed by atoms with Crippen molar-refractivity contribution >= 4 is 29.3 Å². The molecular formula is C25H28ClN3O5. The maximum absolute atomic E-state index is 13.0. The monoisotopic (exact) mass is 485 g/mol. The quantitative estimate of drug-likeness (QED) is 0.211. The Kier molecular flexibility index (Phi) is 10.6. The SMILES string of the molecule is CC(C)C(NC(=O)[C@H](CC#Cc1ccc(Cl)cc1)[C@H](O)C(=O)NO)C(=O)NCc1ccccc1. The number of hydroxylamine groups is 1. The summed E-state index contributed by atoms with van der Waals surface area (Å²) < 4.78 is 0. The molecule has 8 nitrogen and oxygen atoms in total. The third-order valence-corrected chi connectivity index (χ3v) is 5.30. The van der Waals surface area contributed by atoms with E-state index in [9.17, 15) is 19.5 Å². The molecule has 3 atom stereocenters. The largest absolute Gasteiger partial charge is 0.382 e. The van der Waals surface area contributed by atoms with Crippen molar-refractivity contribution in [3.05, 3.63) is 70.7 Å². The van der Waals surface area contributed by atoms with Gasteiger partial charge in [0, 0.05) is 23.6 Å². The molecule has 0 aromatic heterocycles. The second kappa shape index (κ2) is 13.4. The first-order chi connectivity index (χ1) is 16.2. The van der Waals surface area contributed by atoms with Crippen LogP contribution in [0.4, 0.5) is 0 Å². The zero-order chi connectivity index (χ0) is 25.1. The molecule has 0 spiro atoms. The molecule has 5 N–H and O–H groups in total. The number of hydrogen-bond donors (Lipinski definition) is 5. The molecule has 0 aliphatic carbocycles. The Hall–Kier alpha value is -3.38. The molecule has 0 aliphatic rings. The fraction of sp³-hybridized carbons (Fsp3) is 0.320. The van der Waals surface area contributed by atoms with Crippen molar-refractivity contribution in [2.45, 2.75) is 39.0 Å². The predicted octanol–water partition coefficient (Wildman–Crippen LogP) is 2.02. The van der Waals surface area contributed by atoms with E-state index in [0.29, 0.717) is 10.6 Å². The lowest BCUT2D eigenvalue weighted by Crippen LogP contribution is -2.53. The summed E-state index contributed by atoms with van der Waals surface area (Å²) in [5.41, 5.74) is 2.87. The fourth-order valence-corrected chi connectivity index (χ4v) is 3.21. The number of carbonyl (C=O) groups excluding carboxylic acids is 3. The summed E-state index contributed by atoms with van der Waals surface area (Å²) in [6.45, 7) is 3.81. The van der Waals surface area contributed by atoms with E-state index in [4.69, 9.17) is 16.8 Å². The van der Waals surface area contributed by atoms with Gasteiger partial charge in [-0.15, -0.1) is 0 Å². The smallest absolute Gasteiger partial charge is 0.273 e. The van der Waals surface area contributed by atoms with E-state index in [-0.39, 0.29) is 18.9 Å². The van der Waals surface area contributed by atoms with E-state index in [2.05, 4.69) is 22.5 Å². The second-order valence-electron chi connectivity index (χ2n) is 7.97. The molecule has 0 saturated carbocycles. The Bertz CT molecular complexity index is 1030. The van der Waals surface area contributed by atoms with Crippen molar-refractivity contribution in [2.75, 3.05) is 0 Å². The van der Waals surface area contributed by atoms with E-state index in [1.54, 1.807) is 38.1 Å². The van der Waals surface area contributed by atoms with Crippen LogP contribution in [0.1, 0.15) is 31.4 Å². The Morgan fingerprint density at radius 3 is 2.21 bits per heavy atom. The van der Waals surface area contributed by atoms with Crippen LogP contribution >= 0.6 is 11.6 Å². The van der Waals surface area contributed by atoms with Gasteiger partial charge in [-0.2, -0.15) is 0 Å². The predicted molar refractivity (Wildman–Crippen MR) is 127 cm³/mol. The Morgan fingerprint density at radius 1 is 0.971 bits per heavy atom. The maximum Gasteiger partial charge on any atom is 0.273 e. The van der Waals surface area contributed by atoms with Gasteiger partial charge in [-0.1, -0.05) is 67.6 Å². The number of rotatable bonds is 9. The molecule has 0 radical (unpaired) electrons. The van der Waals surface area contributed by atoms with Crippen molar-refractivity contribution in [3.63, 3.8) is 0 Å². The van der Waals surface area contributed by atoms with Crippen molar-refractivity contribution < 1.29 is 24.7 Å². The Balaban J connectivity index is 2.13. The van der Waals surface area contributed by atoms with E-state index >= 15 is 0 Å². The normalized spacial score (nSPS) is 13.1. The third kappa shape index (κ3) is 8.19. The van der Waals surface area contributed by atoms with Gasteiger partial charge in [-0.3, -0.25) is 19.6 Å². The fourth-order valence-electron chi connectivity index (χ4n) is 3.08. The first kappa shape index (κ1) is 26.9. The van der Waals surface area contributed by atoms with Gasteiger partial charge < -0.3 is 15.7 Å². The number of nitrogens with one attached hydrogen (secondary N) is 3. The molecular weight excluding hydrogens is 458 g/mol. The van der Waals surface area contributed by atoms with Gasteiger partial charge in [0.25, 0.3) is 5.91 Å². The van der Waals surface area contributed by atoms with Crippen LogP contribution in [0.5, 0.6) is 0 Å². The van der Waals surface area contributed by atoms with Gasteiger partial charge >= 0.3 is 0 Å². The lowest BCUT2D eigenvalue weighted by atomic mass is 9.95. The van der Waals surface area contributed by atoms with Crippen LogP contribution in [0.2, 0.25) is 5.02 Å². The van der Waals surface area contributed by atoms with Gasteiger partial charge in [0.15, 0.2) is 0 Å². The summed E-state index contributed by atoms with van der Waals surface area (Å²) in [7, 11) is 0. The number of aliphatic hydroxyl groups excluding tert-OH is 1. The molecule has 3 amide bonds. The van der Waals surface area contributed by atoms with Crippen LogP contribution in [0.25, 0.3) is 0 Å². The maximum atomic E-state index is 13.0. The van der Waals surface area contributed by atoms with E-state index in [1.807, 2.05) is 30.3 Å². The highest BCUT2D eigenvalue weighted by atomic mass is 35.5. The van der Waals surface area contributed by atoms with Crippen LogP contribution in [0.3, 0.4) is 0 Å². The highest BCUT2D eigenvalue weighted by Crippen LogP contribution is 2.13. The first-order valence-corrected chi connectivity index (χ1v) is 11.1. The molecule has 2 rings (SSSR count). The summed E-state index contributed by atoms with van der Waals surface area (Å²) in [6.07, 6.45) is -2.07. The van der Waals surface area contributed by atoms with Crippen LogP contribution in [0, 0.1) is 23.7 Å². The number of halogens is 1. The van der Waals surface area contributed by atoms with Gasteiger partial charge in [0.1, 0.15) is 12.1 Å². The van der Waals surface area contributed by atoms with Crippen molar-refractivity contribution in [1.29, 1.82) is 0 Å². The van der Waals surface area contributed by atoms with E-state index in [1.165, 1.54) is 5.48 Å². The van der Waals surface area contributed by atoms with Crippen LogP contribution in [-0.4, -0.2) is 40.2 Å². The lowest BCUT2D eigenvalue weighted by molar-refractivity contribution is -0.146.